The Hall–Kier alpha value is -2.44. The van der Waals surface area contributed by atoms with Crippen molar-refractivity contribution in [2.75, 3.05) is 11.9 Å². The number of benzene rings is 2. The van der Waals surface area contributed by atoms with Gasteiger partial charge >= 0.3 is 0 Å². The summed E-state index contributed by atoms with van der Waals surface area (Å²) in [5.74, 6) is 0. The van der Waals surface area contributed by atoms with Crippen molar-refractivity contribution in [1.29, 1.82) is 0 Å². The van der Waals surface area contributed by atoms with Crippen LogP contribution in [0.3, 0.4) is 0 Å². The van der Waals surface area contributed by atoms with Crippen molar-refractivity contribution in [2.45, 2.75) is 31.9 Å². The van der Waals surface area contributed by atoms with E-state index >= 15 is 0 Å². The largest absolute Gasteiger partial charge is 0.387 e. The summed E-state index contributed by atoms with van der Waals surface area (Å²) >= 11 is 0. The minimum Gasteiger partial charge on any atom is -0.387 e. The zero-order valence-corrected chi connectivity index (χ0v) is 13.7. The van der Waals surface area contributed by atoms with Gasteiger partial charge in [-0.3, -0.25) is 10.1 Å². The molecule has 4 N–H and O–H groups in total. The fraction of sp³-hybridized carbons (Fsp3) is 0.333. The Morgan fingerprint density at radius 2 is 1.96 bits per heavy atom. The molecule has 2 aromatic carbocycles. The molecule has 0 amide bonds. The second-order valence-electron chi connectivity index (χ2n) is 5.87. The molecule has 2 atom stereocenters. The molecule has 6 nitrogen and oxygen atoms in total. The number of nitro groups is 1. The standard InChI is InChI=1S/C18H23N3O3/c1-13-9-10-17(21(23)24)16(12-13)20-11-5-8-15(19)18(22)14-6-3-2-4-7-14/h2-4,6-7,9-10,12,15,18,20,22H,5,8,11,19H2,1H3. The Balaban J connectivity index is 1.85. The number of hydrogen-bond donors (Lipinski definition) is 3. The highest BCUT2D eigenvalue weighted by Crippen LogP contribution is 2.25. The van der Waals surface area contributed by atoms with E-state index in [1.807, 2.05) is 37.3 Å². The van der Waals surface area contributed by atoms with E-state index in [4.69, 9.17) is 5.73 Å². The number of nitrogens with zero attached hydrogens (tertiary/aromatic N) is 1. The van der Waals surface area contributed by atoms with Crippen molar-refractivity contribution in [3.05, 3.63) is 69.8 Å². The van der Waals surface area contributed by atoms with Gasteiger partial charge < -0.3 is 16.2 Å². The predicted octanol–water partition coefficient (Wildman–Crippen LogP) is 3.16. The lowest BCUT2D eigenvalue weighted by Gasteiger charge is -2.19. The predicted molar refractivity (Wildman–Crippen MR) is 94.9 cm³/mol. The molecule has 2 rings (SSSR count). The summed E-state index contributed by atoms with van der Waals surface area (Å²) < 4.78 is 0. The van der Waals surface area contributed by atoms with Gasteiger partial charge in [-0.2, -0.15) is 0 Å². The summed E-state index contributed by atoms with van der Waals surface area (Å²) in [6.45, 7) is 2.44. The van der Waals surface area contributed by atoms with Crippen molar-refractivity contribution in [3.8, 4) is 0 Å². The van der Waals surface area contributed by atoms with Crippen LogP contribution in [-0.4, -0.2) is 22.6 Å². The molecule has 0 saturated carbocycles. The number of hydrogen-bond acceptors (Lipinski definition) is 5. The molecule has 128 valence electrons. The van der Waals surface area contributed by atoms with E-state index in [0.29, 0.717) is 25.1 Å². The van der Waals surface area contributed by atoms with Crippen LogP contribution in [-0.2, 0) is 0 Å². The van der Waals surface area contributed by atoms with Crippen LogP contribution < -0.4 is 11.1 Å². The number of aliphatic hydroxyl groups excluding tert-OH is 1. The van der Waals surface area contributed by atoms with Gasteiger partial charge in [-0.05, 0) is 37.0 Å². The minimum absolute atomic E-state index is 0.0641. The van der Waals surface area contributed by atoms with Crippen molar-refractivity contribution >= 4 is 11.4 Å². The zero-order chi connectivity index (χ0) is 17.5. The fourth-order valence-corrected chi connectivity index (χ4v) is 2.57. The Kier molecular flexibility index (Phi) is 6.28. The van der Waals surface area contributed by atoms with Crippen LogP contribution in [0.5, 0.6) is 0 Å². The summed E-state index contributed by atoms with van der Waals surface area (Å²) in [5, 5.41) is 24.3. The molecule has 0 bridgehead atoms. The van der Waals surface area contributed by atoms with Crippen molar-refractivity contribution in [2.24, 2.45) is 5.73 Å². The van der Waals surface area contributed by atoms with E-state index in [9.17, 15) is 15.2 Å². The number of nitrogens with one attached hydrogen (secondary N) is 1. The molecule has 6 heteroatoms. The summed E-state index contributed by atoms with van der Waals surface area (Å²) in [6.07, 6.45) is 0.609. The molecule has 0 aliphatic carbocycles. The van der Waals surface area contributed by atoms with Crippen molar-refractivity contribution in [3.63, 3.8) is 0 Å². The summed E-state index contributed by atoms with van der Waals surface area (Å²) in [5.41, 5.74) is 8.38. The smallest absolute Gasteiger partial charge is 0.292 e. The maximum Gasteiger partial charge on any atom is 0.292 e. The van der Waals surface area contributed by atoms with Crippen molar-refractivity contribution < 1.29 is 10.0 Å². The summed E-state index contributed by atoms with van der Waals surface area (Å²) in [7, 11) is 0. The van der Waals surface area contributed by atoms with Crippen LogP contribution in [0.1, 0.15) is 30.1 Å². The molecule has 0 fully saturated rings. The maximum absolute atomic E-state index is 11.0. The third kappa shape index (κ3) is 4.78. The van der Waals surface area contributed by atoms with Gasteiger partial charge in [0, 0.05) is 18.7 Å². The van der Waals surface area contributed by atoms with Crippen LogP contribution in [0, 0.1) is 17.0 Å². The van der Waals surface area contributed by atoms with E-state index in [0.717, 1.165) is 11.1 Å². The second-order valence-corrected chi connectivity index (χ2v) is 5.87. The minimum atomic E-state index is -0.709. The topological polar surface area (TPSA) is 101 Å². The third-order valence-corrected chi connectivity index (χ3v) is 3.93. The zero-order valence-electron chi connectivity index (χ0n) is 13.7. The average molecular weight is 329 g/mol. The first-order chi connectivity index (χ1) is 11.5. The monoisotopic (exact) mass is 329 g/mol. The Labute approximate surface area is 141 Å². The number of aryl methyl sites for hydroxylation is 1. The first-order valence-corrected chi connectivity index (χ1v) is 7.96. The molecule has 2 aromatic rings. The quantitative estimate of drug-likeness (QED) is 0.392. The van der Waals surface area contributed by atoms with E-state index in [-0.39, 0.29) is 11.7 Å². The van der Waals surface area contributed by atoms with Crippen LogP contribution >= 0.6 is 0 Å². The number of nitrogens with two attached hydrogens (primary N) is 1. The fourth-order valence-electron chi connectivity index (χ4n) is 2.57. The molecule has 0 saturated heterocycles. The number of rotatable bonds is 8. The molecular formula is C18H23N3O3. The van der Waals surface area contributed by atoms with E-state index in [1.54, 1.807) is 12.1 Å². The Morgan fingerprint density at radius 1 is 1.25 bits per heavy atom. The molecule has 0 aromatic heterocycles. The lowest BCUT2D eigenvalue weighted by atomic mass is 9.99. The van der Waals surface area contributed by atoms with Crippen LogP contribution in [0.15, 0.2) is 48.5 Å². The molecule has 24 heavy (non-hydrogen) atoms. The van der Waals surface area contributed by atoms with E-state index in [2.05, 4.69) is 5.32 Å². The van der Waals surface area contributed by atoms with Crippen molar-refractivity contribution in [1.82, 2.24) is 0 Å². The first kappa shape index (κ1) is 17.9. The van der Waals surface area contributed by atoms with Gasteiger partial charge in [-0.1, -0.05) is 36.4 Å². The third-order valence-electron chi connectivity index (χ3n) is 3.93. The van der Waals surface area contributed by atoms with E-state index in [1.165, 1.54) is 6.07 Å². The molecule has 0 spiro atoms. The molecule has 0 heterocycles. The molecule has 0 aliphatic rings. The summed E-state index contributed by atoms with van der Waals surface area (Å²) in [4.78, 5) is 10.6. The van der Waals surface area contributed by atoms with Gasteiger partial charge in [0.2, 0.25) is 0 Å². The number of nitro benzene ring substituents is 1. The van der Waals surface area contributed by atoms with Crippen LogP contribution in [0.2, 0.25) is 0 Å². The summed E-state index contributed by atoms with van der Waals surface area (Å²) in [6, 6.07) is 13.9. The molecule has 0 aliphatic heterocycles. The van der Waals surface area contributed by atoms with Crippen LogP contribution in [0.25, 0.3) is 0 Å². The Morgan fingerprint density at radius 3 is 2.62 bits per heavy atom. The van der Waals surface area contributed by atoms with Crippen LogP contribution in [0.4, 0.5) is 11.4 Å². The molecule has 2 unspecified atom stereocenters. The SMILES string of the molecule is Cc1ccc([N+](=O)[O-])c(NCCCC(N)C(O)c2ccccc2)c1. The second kappa shape index (κ2) is 8.42. The highest BCUT2D eigenvalue weighted by Gasteiger charge is 2.17. The highest BCUT2D eigenvalue weighted by atomic mass is 16.6. The first-order valence-electron chi connectivity index (χ1n) is 7.96. The number of anilines is 1. The van der Waals surface area contributed by atoms with Gasteiger partial charge in [0.15, 0.2) is 0 Å². The van der Waals surface area contributed by atoms with Gasteiger partial charge in [0.05, 0.1) is 11.0 Å². The highest BCUT2D eigenvalue weighted by molar-refractivity contribution is 5.62. The normalized spacial score (nSPS) is 13.3. The van der Waals surface area contributed by atoms with Gasteiger partial charge in [-0.25, -0.2) is 0 Å². The average Bonchev–Trinajstić information content (AvgIpc) is 2.58. The lowest BCUT2D eigenvalue weighted by Crippen LogP contribution is -2.28. The number of aliphatic hydroxyl groups is 1. The molecular weight excluding hydrogens is 306 g/mol. The van der Waals surface area contributed by atoms with E-state index < -0.39 is 11.0 Å². The van der Waals surface area contributed by atoms with Gasteiger partial charge in [0.1, 0.15) is 5.69 Å². The van der Waals surface area contributed by atoms with Gasteiger partial charge in [0.25, 0.3) is 5.69 Å². The van der Waals surface area contributed by atoms with Gasteiger partial charge in [-0.15, -0.1) is 0 Å². The lowest BCUT2D eigenvalue weighted by molar-refractivity contribution is -0.384. The maximum atomic E-state index is 11.0. The Bertz CT molecular complexity index is 676. The molecule has 0 radical (unpaired) electrons.